The molecule has 0 bridgehead atoms. The van der Waals surface area contributed by atoms with Crippen molar-refractivity contribution in [1.29, 1.82) is 0 Å². The van der Waals surface area contributed by atoms with Crippen LogP contribution < -0.4 is 0 Å². The van der Waals surface area contributed by atoms with Crippen LogP contribution in [0.15, 0.2) is 0 Å². The van der Waals surface area contributed by atoms with Gasteiger partial charge in [-0.25, -0.2) is 4.79 Å². The van der Waals surface area contributed by atoms with E-state index in [0.717, 1.165) is 0 Å². The van der Waals surface area contributed by atoms with Crippen LogP contribution in [0.5, 0.6) is 0 Å². The molecule has 0 aromatic carbocycles. The van der Waals surface area contributed by atoms with Crippen LogP contribution >= 0.6 is 11.6 Å². The van der Waals surface area contributed by atoms with Gasteiger partial charge >= 0.3 is 6.16 Å². The van der Waals surface area contributed by atoms with E-state index in [1.54, 1.807) is 0 Å². The molecule has 0 aliphatic heterocycles. The number of carboxylic acid groups (broad SMARTS) is 1. The number of hydrogen-bond acceptors (Lipinski definition) is 2. The van der Waals surface area contributed by atoms with Crippen LogP contribution in [0, 0.1) is 12.3 Å². The Hall–Kier alpha value is -0.880. The Balaban J connectivity index is 3.60. The summed E-state index contributed by atoms with van der Waals surface area (Å²) >= 11 is 5.18. The average molecular weight is 149 g/mol. The van der Waals surface area contributed by atoms with Crippen molar-refractivity contribution in [2.75, 3.05) is 5.88 Å². The monoisotopic (exact) mass is 148 g/mol. The summed E-state index contributed by atoms with van der Waals surface area (Å²) in [5.74, 6) is 2.04. The molecule has 0 aromatic rings. The molecule has 1 atom stereocenters. The van der Waals surface area contributed by atoms with Gasteiger partial charge in [-0.3, -0.25) is 0 Å². The number of ether oxygens (including phenoxy) is 1. The second kappa shape index (κ2) is 4.04. The number of carbonyl (C=O) groups is 1. The first-order valence-electron chi connectivity index (χ1n) is 2.12. The van der Waals surface area contributed by atoms with Crippen molar-refractivity contribution >= 4 is 17.8 Å². The van der Waals surface area contributed by atoms with Gasteiger partial charge in [0.05, 0.1) is 5.88 Å². The van der Waals surface area contributed by atoms with Crippen molar-refractivity contribution < 1.29 is 14.6 Å². The third-order valence-electron chi connectivity index (χ3n) is 0.569. The summed E-state index contributed by atoms with van der Waals surface area (Å²) in [6.07, 6.45) is 2.58. The lowest BCUT2D eigenvalue weighted by Crippen LogP contribution is -2.15. The van der Waals surface area contributed by atoms with Crippen LogP contribution in [-0.4, -0.2) is 23.2 Å². The topological polar surface area (TPSA) is 46.5 Å². The molecule has 0 fully saturated rings. The van der Waals surface area contributed by atoms with Gasteiger partial charge in [-0.1, -0.05) is 5.92 Å². The first-order valence-corrected chi connectivity index (χ1v) is 2.65. The minimum absolute atomic E-state index is 0.0111. The Morgan fingerprint density at radius 1 is 2.00 bits per heavy atom. The van der Waals surface area contributed by atoms with E-state index < -0.39 is 12.3 Å². The van der Waals surface area contributed by atoms with Crippen molar-refractivity contribution in [2.45, 2.75) is 6.10 Å². The van der Waals surface area contributed by atoms with Crippen LogP contribution in [0.1, 0.15) is 0 Å². The van der Waals surface area contributed by atoms with Crippen molar-refractivity contribution in [3.05, 3.63) is 0 Å². The highest BCUT2D eigenvalue weighted by atomic mass is 35.5. The van der Waals surface area contributed by atoms with Gasteiger partial charge in [0, 0.05) is 0 Å². The van der Waals surface area contributed by atoms with Crippen molar-refractivity contribution in [3.63, 3.8) is 0 Å². The summed E-state index contributed by atoms with van der Waals surface area (Å²) < 4.78 is 4.10. The standard InChI is InChI=1S/C5H5ClO3/c1-2-4(3-6)9-5(7)8/h1,4H,3H2,(H,7,8). The molecule has 0 heterocycles. The molecule has 0 saturated carbocycles. The average Bonchev–Trinajstić information content (AvgIpc) is 1.82. The quantitative estimate of drug-likeness (QED) is 0.360. The number of hydrogen-bond donors (Lipinski definition) is 1. The summed E-state index contributed by atoms with van der Waals surface area (Å²) in [6.45, 7) is 0. The maximum absolute atomic E-state index is 9.75. The van der Waals surface area contributed by atoms with E-state index in [9.17, 15) is 4.79 Å². The molecule has 0 aromatic heterocycles. The summed E-state index contributed by atoms with van der Waals surface area (Å²) in [7, 11) is 0. The van der Waals surface area contributed by atoms with E-state index in [-0.39, 0.29) is 5.88 Å². The third kappa shape index (κ3) is 3.68. The SMILES string of the molecule is C#CC(CCl)OC(=O)O. The molecule has 0 amide bonds. The van der Waals surface area contributed by atoms with Crippen LogP contribution in [0.25, 0.3) is 0 Å². The van der Waals surface area contributed by atoms with Gasteiger partial charge in [0.1, 0.15) is 0 Å². The second-order valence-corrected chi connectivity index (χ2v) is 1.50. The van der Waals surface area contributed by atoms with E-state index >= 15 is 0 Å². The van der Waals surface area contributed by atoms with Gasteiger partial charge < -0.3 is 9.84 Å². The first kappa shape index (κ1) is 8.12. The number of alkyl halides is 1. The number of halogens is 1. The minimum Gasteiger partial charge on any atom is -0.450 e. The van der Waals surface area contributed by atoms with E-state index in [0.29, 0.717) is 0 Å². The zero-order chi connectivity index (χ0) is 7.28. The molecule has 1 N–H and O–H groups in total. The number of terminal acetylenes is 1. The molecular formula is C5H5ClO3. The molecule has 0 spiro atoms. The van der Waals surface area contributed by atoms with Gasteiger partial charge in [-0.2, -0.15) is 0 Å². The molecule has 0 aliphatic carbocycles. The lowest BCUT2D eigenvalue weighted by atomic mass is 10.4. The largest absolute Gasteiger partial charge is 0.507 e. The predicted octanol–water partition coefficient (Wildman–Crippen LogP) is 0.922. The van der Waals surface area contributed by atoms with E-state index in [1.165, 1.54) is 0 Å². The molecular weight excluding hydrogens is 144 g/mol. The summed E-state index contributed by atoms with van der Waals surface area (Å²) in [5.41, 5.74) is 0. The Morgan fingerprint density at radius 2 is 2.56 bits per heavy atom. The zero-order valence-corrected chi connectivity index (χ0v) is 5.26. The fourth-order valence-electron chi connectivity index (χ4n) is 0.232. The summed E-state index contributed by atoms with van der Waals surface area (Å²) in [5, 5.41) is 7.97. The fraction of sp³-hybridized carbons (Fsp3) is 0.400. The molecule has 9 heavy (non-hydrogen) atoms. The lowest BCUT2D eigenvalue weighted by Gasteiger charge is -2.02. The Kier molecular flexibility index (Phi) is 3.65. The minimum atomic E-state index is -1.40. The highest BCUT2D eigenvalue weighted by Crippen LogP contribution is 1.92. The Morgan fingerprint density at radius 3 is 2.67 bits per heavy atom. The smallest absolute Gasteiger partial charge is 0.450 e. The van der Waals surface area contributed by atoms with Crippen molar-refractivity contribution in [2.24, 2.45) is 0 Å². The fourth-order valence-corrected chi connectivity index (χ4v) is 0.384. The molecule has 3 nitrogen and oxygen atoms in total. The van der Waals surface area contributed by atoms with Gasteiger partial charge in [-0.15, -0.1) is 18.0 Å². The van der Waals surface area contributed by atoms with Crippen LogP contribution in [0.3, 0.4) is 0 Å². The second-order valence-electron chi connectivity index (χ2n) is 1.19. The van der Waals surface area contributed by atoms with Crippen LogP contribution in [0.4, 0.5) is 4.79 Å². The van der Waals surface area contributed by atoms with Crippen molar-refractivity contribution in [1.82, 2.24) is 0 Å². The van der Waals surface area contributed by atoms with E-state index in [2.05, 4.69) is 4.74 Å². The lowest BCUT2D eigenvalue weighted by molar-refractivity contribution is 0.0790. The molecule has 0 saturated heterocycles. The highest BCUT2D eigenvalue weighted by Gasteiger charge is 2.06. The molecule has 1 unspecified atom stereocenters. The van der Waals surface area contributed by atoms with Gasteiger partial charge in [0.25, 0.3) is 0 Å². The van der Waals surface area contributed by atoms with E-state index in [1.807, 2.05) is 5.92 Å². The molecule has 50 valence electrons. The predicted molar refractivity (Wildman–Crippen MR) is 32.5 cm³/mol. The number of rotatable bonds is 2. The molecule has 4 heteroatoms. The third-order valence-corrected chi connectivity index (χ3v) is 0.849. The summed E-state index contributed by atoms with van der Waals surface area (Å²) in [6, 6.07) is 0. The molecule has 0 rings (SSSR count). The Bertz CT molecular complexity index is 138. The zero-order valence-electron chi connectivity index (χ0n) is 4.50. The maximum atomic E-state index is 9.75. The highest BCUT2D eigenvalue weighted by molar-refractivity contribution is 6.18. The van der Waals surface area contributed by atoms with E-state index in [4.69, 9.17) is 23.1 Å². The Labute approximate surface area is 57.6 Å². The first-order chi connectivity index (χ1) is 4.20. The summed E-state index contributed by atoms with van der Waals surface area (Å²) in [4.78, 5) is 9.75. The van der Waals surface area contributed by atoms with Gasteiger partial charge in [0.2, 0.25) is 0 Å². The molecule has 0 radical (unpaired) electrons. The van der Waals surface area contributed by atoms with Crippen molar-refractivity contribution in [3.8, 4) is 12.3 Å². The maximum Gasteiger partial charge on any atom is 0.507 e. The van der Waals surface area contributed by atoms with Crippen LogP contribution in [0.2, 0.25) is 0 Å². The normalized spacial score (nSPS) is 11.6. The van der Waals surface area contributed by atoms with Gasteiger partial charge in [0.15, 0.2) is 6.10 Å². The van der Waals surface area contributed by atoms with Crippen LogP contribution in [-0.2, 0) is 4.74 Å². The van der Waals surface area contributed by atoms with Gasteiger partial charge in [-0.05, 0) is 0 Å². The molecule has 0 aliphatic rings.